The van der Waals surface area contributed by atoms with Crippen molar-refractivity contribution in [3.8, 4) is 0 Å². The highest BCUT2D eigenvalue weighted by Crippen LogP contribution is 2.19. The smallest absolute Gasteiger partial charge is 0.321 e. The second-order valence-electron chi connectivity index (χ2n) is 3.29. The van der Waals surface area contributed by atoms with Crippen molar-refractivity contribution < 1.29 is 18.3 Å². The van der Waals surface area contributed by atoms with Crippen LogP contribution in [0.2, 0.25) is 0 Å². The summed E-state index contributed by atoms with van der Waals surface area (Å²) in [5.74, 6) is -1.33. The highest BCUT2D eigenvalue weighted by Gasteiger charge is 2.30. The molecule has 0 heterocycles. The van der Waals surface area contributed by atoms with Gasteiger partial charge in [0.1, 0.15) is 0 Å². The fraction of sp³-hybridized carbons (Fsp3) is 0.300. The SMILES string of the molecule is Cc1ccccc1S(=O)(=O)C(C)C(=O)O. The van der Waals surface area contributed by atoms with Crippen LogP contribution in [0.1, 0.15) is 12.5 Å². The summed E-state index contributed by atoms with van der Waals surface area (Å²) < 4.78 is 23.6. The Morgan fingerprint density at radius 1 is 1.33 bits per heavy atom. The topological polar surface area (TPSA) is 71.4 Å². The minimum Gasteiger partial charge on any atom is -0.480 e. The summed E-state index contributed by atoms with van der Waals surface area (Å²) in [6, 6.07) is 6.35. The quantitative estimate of drug-likeness (QED) is 0.845. The van der Waals surface area contributed by atoms with Gasteiger partial charge in [-0.25, -0.2) is 8.42 Å². The lowest BCUT2D eigenvalue weighted by molar-refractivity contribution is -0.136. The second-order valence-corrected chi connectivity index (χ2v) is 5.53. The van der Waals surface area contributed by atoms with Crippen LogP contribution < -0.4 is 0 Å². The van der Waals surface area contributed by atoms with Gasteiger partial charge in [-0.15, -0.1) is 0 Å². The number of aliphatic carboxylic acids is 1. The molecule has 82 valence electrons. The third kappa shape index (κ3) is 2.18. The minimum atomic E-state index is -3.77. The van der Waals surface area contributed by atoms with Gasteiger partial charge in [0.2, 0.25) is 0 Å². The number of hydrogen-bond donors (Lipinski definition) is 1. The Bertz CT molecular complexity index is 476. The first kappa shape index (κ1) is 11.7. The zero-order valence-corrected chi connectivity index (χ0v) is 9.28. The maximum Gasteiger partial charge on any atom is 0.321 e. The molecule has 1 rings (SSSR count). The van der Waals surface area contributed by atoms with E-state index in [2.05, 4.69) is 0 Å². The highest BCUT2D eigenvalue weighted by atomic mass is 32.2. The molecule has 0 aliphatic carbocycles. The van der Waals surface area contributed by atoms with Crippen LogP contribution in [0.25, 0.3) is 0 Å². The second kappa shape index (κ2) is 4.02. The fourth-order valence-electron chi connectivity index (χ4n) is 1.20. The van der Waals surface area contributed by atoms with Crippen LogP contribution in [0.3, 0.4) is 0 Å². The van der Waals surface area contributed by atoms with E-state index in [1.165, 1.54) is 13.0 Å². The lowest BCUT2D eigenvalue weighted by atomic mass is 10.2. The van der Waals surface area contributed by atoms with Crippen LogP contribution in [0.5, 0.6) is 0 Å². The Balaban J connectivity index is 3.30. The number of rotatable bonds is 3. The molecule has 1 aromatic rings. The molecule has 0 bridgehead atoms. The van der Waals surface area contributed by atoms with Gasteiger partial charge in [0.05, 0.1) is 4.90 Å². The number of sulfone groups is 1. The third-order valence-electron chi connectivity index (χ3n) is 2.21. The van der Waals surface area contributed by atoms with Gasteiger partial charge in [0.25, 0.3) is 0 Å². The fourth-order valence-corrected chi connectivity index (χ4v) is 2.63. The number of carbonyl (C=O) groups is 1. The van der Waals surface area contributed by atoms with E-state index in [1.807, 2.05) is 0 Å². The van der Waals surface area contributed by atoms with Crippen molar-refractivity contribution in [1.29, 1.82) is 0 Å². The zero-order valence-electron chi connectivity index (χ0n) is 8.47. The minimum absolute atomic E-state index is 0.0832. The number of hydrogen-bond acceptors (Lipinski definition) is 3. The van der Waals surface area contributed by atoms with Crippen molar-refractivity contribution in [1.82, 2.24) is 0 Å². The maximum absolute atomic E-state index is 11.8. The van der Waals surface area contributed by atoms with Crippen molar-refractivity contribution in [2.45, 2.75) is 24.0 Å². The average molecular weight is 228 g/mol. The van der Waals surface area contributed by atoms with Crippen molar-refractivity contribution in [2.75, 3.05) is 0 Å². The molecule has 5 heteroatoms. The predicted octanol–water partition coefficient (Wildman–Crippen LogP) is 1.24. The van der Waals surface area contributed by atoms with Crippen LogP contribution in [0, 0.1) is 6.92 Å². The Morgan fingerprint density at radius 2 is 1.87 bits per heavy atom. The predicted molar refractivity (Wildman–Crippen MR) is 55.5 cm³/mol. The van der Waals surface area contributed by atoms with Gasteiger partial charge in [0.15, 0.2) is 15.1 Å². The number of benzene rings is 1. The molecule has 1 atom stereocenters. The van der Waals surface area contributed by atoms with E-state index >= 15 is 0 Å². The molecule has 15 heavy (non-hydrogen) atoms. The molecule has 1 aromatic carbocycles. The summed E-state index contributed by atoms with van der Waals surface area (Å²) in [7, 11) is -3.77. The van der Waals surface area contributed by atoms with Gasteiger partial charge in [-0.2, -0.15) is 0 Å². The molecule has 1 unspecified atom stereocenters. The summed E-state index contributed by atoms with van der Waals surface area (Å²) in [4.78, 5) is 10.7. The van der Waals surface area contributed by atoms with Crippen LogP contribution in [-0.2, 0) is 14.6 Å². The molecule has 0 saturated carbocycles. The molecular formula is C10H12O4S. The normalized spacial score (nSPS) is 13.5. The summed E-state index contributed by atoms with van der Waals surface area (Å²) in [6.45, 7) is 2.81. The Kier molecular flexibility index (Phi) is 3.14. The number of carboxylic acid groups (broad SMARTS) is 1. The molecular weight excluding hydrogens is 216 g/mol. The van der Waals surface area contributed by atoms with E-state index < -0.39 is 21.1 Å². The molecule has 0 fully saturated rings. The van der Waals surface area contributed by atoms with Crippen molar-refractivity contribution >= 4 is 15.8 Å². The zero-order chi connectivity index (χ0) is 11.6. The molecule has 0 spiro atoms. The molecule has 1 N–H and O–H groups in total. The molecule has 0 aliphatic heterocycles. The molecule has 0 radical (unpaired) electrons. The first-order valence-electron chi connectivity index (χ1n) is 4.39. The van der Waals surface area contributed by atoms with E-state index in [9.17, 15) is 13.2 Å². The molecule has 0 saturated heterocycles. The summed E-state index contributed by atoms with van der Waals surface area (Å²) in [6.07, 6.45) is 0. The summed E-state index contributed by atoms with van der Waals surface area (Å²) in [5, 5.41) is 7.27. The van der Waals surface area contributed by atoms with Gasteiger partial charge in [0, 0.05) is 0 Å². The largest absolute Gasteiger partial charge is 0.480 e. The van der Waals surface area contributed by atoms with Crippen LogP contribution >= 0.6 is 0 Å². The first-order valence-corrected chi connectivity index (χ1v) is 5.94. The van der Waals surface area contributed by atoms with Gasteiger partial charge in [-0.3, -0.25) is 4.79 Å². The maximum atomic E-state index is 11.8. The van der Waals surface area contributed by atoms with E-state index in [-0.39, 0.29) is 4.90 Å². The van der Waals surface area contributed by atoms with Crippen LogP contribution in [0.4, 0.5) is 0 Å². The van der Waals surface area contributed by atoms with E-state index in [1.54, 1.807) is 25.1 Å². The molecule has 0 aromatic heterocycles. The van der Waals surface area contributed by atoms with E-state index in [0.29, 0.717) is 5.56 Å². The van der Waals surface area contributed by atoms with E-state index in [0.717, 1.165) is 0 Å². The Morgan fingerprint density at radius 3 is 2.33 bits per heavy atom. The summed E-state index contributed by atoms with van der Waals surface area (Å²) >= 11 is 0. The van der Waals surface area contributed by atoms with Gasteiger partial charge < -0.3 is 5.11 Å². The third-order valence-corrected chi connectivity index (χ3v) is 4.42. The number of aryl methyl sites for hydroxylation is 1. The van der Waals surface area contributed by atoms with Crippen LogP contribution in [0.15, 0.2) is 29.2 Å². The van der Waals surface area contributed by atoms with E-state index in [4.69, 9.17) is 5.11 Å². The highest BCUT2D eigenvalue weighted by molar-refractivity contribution is 7.92. The molecule has 4 nitrogen and oxygen atoms in total. The van der Waals surface area contributed by atoms with Gasteiger partial charge in [-0.05, 0) is 25.5 Å². The van der Waals surface area contributed by atoms with Crippen LogP contribution in [-0.4, -0.2) is 24.7 Å². The van der Waals surface area contributed by atoms with Crippen molar-refractivity contribution in [2.24, 2.45) is 0 Å². The molecule has 0 aliphatic rings. The van der Waals surface area contributed by atoms with Gasteiger partial charge >= 0.3 is 5.97 Å². The standard InChI is InChI=1S/C10H12O4S/c1-7-5-3-4-6-9(7)15(13,14)8(2)10(11)12/h3-6,8H,1-2H3,(H,11,12). The molecule has 0 amide bonds. The Labute approximate surface area is 88.5 Å². The number of carboxylic acids is 1. The monoisotopic (exact) mass is 228 g/mol. The lowest BCUT2D eigenvalue weighted by Crippen LogP contribution is -2.27. The lowest BCUT2D eigenvalue weighted by Gasteiger charge is -2.10. The summed E-state index contributed by atoms with van der Waals surface area (Å²) in [5.41, 5.74) is 0.561. The van der Waals surface area contributed by atoms with Crippen molar-refractivity contribution in [3.05, 3.63) is 29.8 Å². The van der Waals surface area contributed by atoms with Crippen molar-refractivity contribution in [3.63, 3.8) is 0 Å². The van der Waals surface area contributed by atoms with Gasteiger partial charge in [-0.1, -0.05) is 18.2 Å². The first-order chi connectivity index (χ1) is 6.87. The Hall–Kier alpha value is -1.36. The average Bonchev–Trinajstić information content (AvgIpc) is 2.16.